The Morgan fingerprint density at radius 1 is 1.37 bits per heavy atom. The molecule has 0 aliphatic carbocycles. The van der Waals surface area contributed by atoms with E-state index in [0.29, 0.717) is 15.1 Å². The van der Waals surface area contributed by atoms with Crippen molar-refractivity contribution in [1.82, 2.24) is 5.32 Å². The van der Waals surface area contributed by atoms with Crippen molar-refractivity contribution in [3.63, 3.8) is 0 Å². The Bertz CT molecular complexity index is 585. The molecule has 1 aromatic heterocycles. The van der Waals surface area contributed by atoms with Gasteiger partial charge in [-0.05, 0) is 63.4 Å². The average Bonchev–Trinajstić information content (AvgIpc) is 2.77. The molecule has 19 heavy (non-hydrogen) atoms. The Balaban J connectivity index is 2.51. The highest BCUT2D eigenvalue weighted by molar-refractivity contribution is 9.10. The van der Waals surface area contributed by atoms with Crippen LogP contribution in [0.4, 0.5) is 4.39 Å². The molecule has 1 nitrogen and oxygen atoms in total. The Kier molecular flexibility index (Phi) is 5.01. The van der Waals surface area contributed by atoms with E-state index in [2.05, 4.69) is 32.0 Å². The molecule has 5 heteroatoms. The quantitative estimate of drug-likeness (QED) is 0.727. The van der Waals surface area contributed by atoms with E-state index in [0.717, 1.165) is 17.7 Å². The molecule has 1 unspecified atom stereocenters. The molecule has 0 saturated carbocycles. The van der Waals surface area contributed by atoms with Crippen molar-refractivity contribution in [2.45, 2.75) is 19.9 Å². The van der Waals surface area contributed by atoms with Crippen LogP contribution in [-0.4, -0.2) is 6.54 Å². The highest BCUT2D eigenvalue weighted by Gasteiger charge is 2.20. The Morgan fingerprint density at radius 2 is 2.11 bits per heavy atom. The van der Waals surface area contributed by atoms with Gasteiger partial charge in [-0.15, -0.1) is 0 Å². The lowest BCUT2D eigenvalue weighted by Gasteiger charge is -2.20. The van der Waals surface area contributed by atoms with Crippen molar-refractivity contribution in [1.29, 1.82) is 0 Å². The molecular weight excluding hydrogens is 349 g/mol. The minimum Gasteiger partial charge on any atom is -0.306 e. The standard InChI is InChI=1S/C14H14BrClFNS/c1-3-18-14(10-7-19-6-8(10)2)9-4-12(16)11(15)5-13(9)17/h4-7,14,18H,3H2,1-2H3. The molecule has 0 aliphatic heterocycles. The lowest BCUT2D eigenvalue weighted by molar-refractivity contribution is 0.558. The summed E-state index contributed by atoms with van der Waals surface area (Å²) >= 11 is 11.0. The number of nitrogens with one attached hydrogen (secondary N) is 1. The van der Waals surface area contributed by atoms with E-state index in [4.69, 9.17) is 11.6 Å². The molecular formula is C14H14BrClFNS. The van der Waals surface area contributed by atoms with Crippen molar-refractivity contribution >= 4 is 38.9 Å². The first-order chi connectivity index (χ1) is 9.04. The summed E-state index contributed by atoms with van der Waals surface area (Å²) in [4.78, 5) is 0. The Labute approximate surface area is 129 Å². The van der Waals surface area contributed by atoms with E-state index in [1.165, 1.54) is 6.07 Å². The third-order valence-corrected chi connectivity index (χ3v) is 5.04. The monoisotopic (exact) mass is 361 g/mol. The molecule has 0 amide bonds. The predicted molar refractivity (Wildman–Crippen MR) is 83.7 cm³/mol. The van der Waals surface area contributed by atoms with Gasteiger partial charge in [0, 0.05) is 10.0 Å². The van der Waals surface area contributed by atoms with E-state index < -0.39 is 0 Å². The lowest BCUT2D eigenvalue weighted by Crippen LogP contribution is -2.23. The summed E-state index contributed by atoms with van der Waals surface area (Å²) in [5, 5.41) is 7.96. The molecule has 1 heterocycles. The highest BCUT2D eigenvalue weighted by Crippen LogP contribution is 2.33. The second-order valence-corrected chi connectivity index (χ2v) is 6.29. The van der Waals surface area contributed by atoms with Gasteiger partial charge in [0.2, 0.25) is 0 Å². The van der Waals surface area contributed by atoms with Gasteiger partial charge in [0.05, 0.1) is 11.1 Å². The van der Waals surface area contributed by atoms with Crippen molar-refractivity contribution in [2.24, 2.45) is 0 Å². The van der Waals surface area contributed by atoms with Gasteiger partial charge in [-0.25, -0.2) is 4.39 Å². The maximum atomic E-state index is 14.2. The molecule has 0 fully saturated rings. The summed E-state index contributed by atoms with van der Waals surface area (Å²) in [6, 6.07) is 2.94. The van der Waals surface area contributed by atoms with Crippen LogP contribution in [0.2, 0.25) is 5.02 Å². The van der Waals surface area contributed by atoms with Crippen LogP contribution in [0.25, 0.3) is 0 Å². The summed E-state index contributed by atoms with van der Waals surface area (Å²) < 4.78 is 14.8. The molecule has 0 radical (unpaired) electrons. The van der Waals surface area contributed by atoms with E-state index in [-0.39, 0.29) is 11.9 Å². The van der Waals surface area contributed by atoms with Crippen LogP contribution in [0.1, 0.15) is 29.7 Å². The van der Waals surface area contributed by atoms with Gasteiger partial charge in [-0.1, -0.05) is 18.5 Å². The van der Waals surface area contributed by atoms with Crippen molar-refractivity contribution in [3.8, 4) is 0 Å². The molecule has 0 bridgehead atoms. The van der Waals surface area contributed by atoms with Crippen LogP contribution >= 0.6 is 38.9 Å². The zero-order valence-corrected chi connectivity index (χ0v) is 13.8. The second kappa shape index (κ2) is 6.35. The molecule has 1 aromatic carbocycles. The summed E-state index contributed by atoms with van der Waals surface area (Å²) in [5.74, 6) is -0.257. The van der Waals surface area contributed by atoms with Crippen LogP contribution in [0.5, 0.6) is 0 Å². The fourth-order valence-corrected chi connectivity index (χ4v) is 3.38. The number of halogens is 3. The fraction of sp³-hybridized carbons (Fsp3) is 0.286. The van der Waals surface area contributed by atoms with E-state index in [1.807, 2.05) is 13.8 Å². The van der Waals surface area contributed by atoms with Crippen LogP contribution in [0, 0.1) is 12.7 Å². The van der Waals surface area contributed by atoms with Gasteiger partial charge in [0.1, 0.15) is 5.82 Å². The normalized spacial score (nSPS) is 12.7. The number of thiophene rings is 1. The minimum absolute atomic E-state index is 0.165. The van der Waals surface area contributed by atoms with E-state index in [1.54, 1.807) is 17.4 Å². The number of hydrogen-bond acceptors (Lipinski definition) is 2. The summed E-state index contributed by atoms with van der Waals surface area (Å²) in [7, 11) is 0. The third kappa shape index (κ3) is 3.19. The van der Waals surface area contributed by atoms with Crippen LogP contribution in [-0.2, 0) is 0 Å². The molecule has 0 spiro atoms. The van der Waals surface area contributed by atoms with Gasteiger partial charge in [0.15, 0.2) is 0 Å². The summed E-state index contributed by atoms with van der Waals surface area (Å²) in [5.41, 5.74) is 2.84. The Hall–Kier alpha value is -0.420. The van der Waals surface area contributed by atoms with Crippen molar-refractivity contribution in [3.05, 3.63) is 54.9 Å². The van der Waals surface area contributed by atoms with Crippen molar-refractivity contribution in [2.75, 3.05) is 6.54 Å². The summed E-state index contributed by atoms with van der Waals surface area (Å²) in [6.45, 7) is 4.80. The maximum absolute atomic E-state index is 14.2. The minimum atomic E-state index is -0.257. The largest absolute Gasteiger partial charge is 0.306 e. The first kappa shape index (κ1) is 15.0. The number of aryl methyl sites for hydroxylation is 1. The zero-order valence-electron chi connectivity index (χ0n) is 10.6. The smallest absolute Gasteiger partial charge is 0.129 e. The number of benzene rings is 1. The molecule has 2 aromatic rings. The third-order valence-electron chi connectivity index (χ3n) is 2.97. The van der Waals surface area contributed by atoms with E-state index in [9.17, 15) is 4.39 Å². The molecule has 2 rings (SSSR count). The molecule has 0 saturated heterocycles. The highest BCUT2D eigenvalue weighted by atomic mass is 79.9. The van der Waals surface area contributed by atoms with Gasteiger partial charge < -0.3 is 5.32 Å². The first-order valence-corrected chi connectivity index (χ1v) is 8.06. The number of hydrogen-bond donors (Lipinski definition) is 1. The van der Waals surface area contributed by atoms with Crippen molar-refractivity contribution < 1.29 is 4.39 Å². The van der Waals surface area contributed by atoms with Gasteiger partial charge >= 0.3 is 0 Å². The fourth-order valence-electron chi connectivity index (χ4n) is 2.02. The lowest BCUT2D eigenvalue weighted by atomic mass is 9.98. The first-order valence-electron chi connectivity index (χ1n) is 5.95. The topological polar surface area (TPSA) is 12.0 Å². The van der Waals surface area contributed by atoms with Gasteiger partial charge in [-0.2, -0.15) is 11.3 Å². The van der Waals surface area contributed by atoms with Crippen LogP contribution in [0.3, 0.4) is 0 Å². The van der Waals surface area contributed by atoms with Crippen LogP contribution < -0.4 is 5.32 Å². The van der Waals surface area contributed by atoms with E-state index >= 15 is 0 Å². The average molecular weight is 363 g/mol. The molecule has 102 valence electrons. The maximum Gasteiger partial charge on any atom is 0.129 e. The SMILES string of the molecule is CCNC(c1cscc1C)c1cc(Cl)c(Br)cc1F. The molecule has 1 atom stereocenters. The Morgan fingerprint density at radius 3 is 2.68 bits per heavy atom. The molecule has 0 aliphatic rings. The van der Waals surface area contributed by atoms with Crippen LogP contribution in [0.15, 0.2) is 27.4 Å². The number of rotatable bonds is 4. The second-order valence-electron chi connectivity index (χ2n) is 4.29. The predicted octanol–water partition coefficient (Wildman–Crippen LogP) is 5.31. The van der Waals surface area contributed by atoms with Gasteiger partial charge in [-0.3, -0.25) is 0 Å². The summed E-state index contributed by atoms with van der Waals surface area (Å²) in [6.07, 6.45) is 0. The molecule has 1 N–H and O–H groups in total. The zero-order chi connectivity index (χ0) is 14.0. The van der Waals surface area contributed by atoms with Gasteiger partial charge in [0.25, 0.3) is 0 Å².